The third-order valence-corrected chi connectivity index (χ3v) is 7.05. The second-order valence-corrected chi connectivity index (χ2v) is 9.39. The van der Waals surface area contributed by atoms with Crippen LogP contribution in [0.3, 0.4) is 0 Å². The van der Waals surface area contributed by atoms with E-state index in [1.54, 1.807) is 11.3 Å². The van der Waals surface area contributed by atoms with Gasteiger partial charge in [0, 0.05) is 54.3 Å². The Bertz CT molecular complexity index is 1320. The first kappa shape index (κ1) is 23.4. The Morgan fingerprint density at radius 2 is 1.77 bits per heavy atom. The summed E-state index contributed by atoms with van der Waals surface area (Å²) in [5.41, 5.74) is 9.45. The number of aliphatic hydroxyl groups excluding tert-OH is 1. The average Bonchev–Trinajstić information content (AvgIpc) is 3.42. The maximum Gasteiger partial charge on any atom is 0.251 e. The highest BCUT2D eigenvalue weighted by Crippen LogP contribution is 2.35. The summed E-state index contributed by atoms with van der Waals surface area (Å²) in [6.45, 7) is 3.02. The second-order valence-electron chi connectivity index (χ2n) is 8.67. The normalized spacial score (nSPS) is 14.3. The minimum absolute atomic E-state index is 0.0758. The predicted octanol–water partition coefficient (Wildman–Crippen LogP) is 4.51. The molecular formula is C28H28N4O2S. The quantitative estimate of drug-likeness (QED) is 0.404. The highest BCUT2D eigenvalue weighted by Gasteiger charge is 2.21. The zero-order valence-electron chi connectivity index (χ0n) is 19.5. The molecule has 0 saturated carbocycles. The molecule has 0 aliphatic carbocycles. The summed E-state index contributed by atoms with van der Waals surface area (Å²) in [7, 11) is 0. The number of hydrogen-bond donors (Lipinski definition) is 2. The molecule has 5 rings (SSSR count). The predicted molar refractivity (Wildman–Crippen MR) is 140 cm³/mol. The second kappa shape index (κ2) is 10.9. The Labute approximate surface area is 209 Å². The maximum atomic E-state index is 12.3. The van der Waals surface area contributed by atoms with Crippen molar-refractivity contribution in [2.24, 2.45) is 0 Å². The fourth-order valence-corrected chi connectivity index (χ4v) is 5.24. The van der Waals surface area contributed by atoms with E-state index in [9.17, 15) is 4.79 Å². The minimum atomic E-state index is -0.179. The smallest absolute Gasteiger partial charge is 0.251 e. The Morgan fingerprint density at radius 1 is 1.00 bits per heavy atom. The van der Waals surface area contributed by atoms with E-state index >= 15 is 0 Å². The van der Waals surface area contributed by atoms with Gasteiger partial charge in [-0.2, -0.15) is 0 Å². The number of amides is 1. The van der Waals surface area contributed by atoms with Gasteiger partial charge >= 0.3 is 0 Å². The van der Waals surface area contributed by atoms with E-state index < -0.39 is 0 Å². The van der Waals surface area contributed by atoms with Gasteiger partial charge < -0.3 is 10.4 Å². The molecule has 7 heteroatoms. The first-order valence-corrected chi connectivity index (χ1v) is 12.8. The van der Waals surface area contributed by atoms with Crippen LogP contribution in [0.5, 0.6) is 0 Å². The zero-order valence-corrected chi connectivity index (χ0v) is 20.3. The van der Waals surface area contributed by atoms with E-state index in [2.05, 4.69) is 44.8 Å². The van der Waals surface area contributed by atoms with Gasteiger partial charge in [0.25, 0.3) is 5.91 Å². The number of benzene rings is 2. The molecule has 4 aromatic rings. The molecule has 1 aliphatic heterocycles. The Morgan fingerprint density at radius 3 is 2.51 bits per heavy atom. The van der Waals surface area contributed by atoms with Crippen LogP contribution < -0.4 is 5.32 Å². The van der Waals surface area contributed by atoms with Gasteiger partial charge in [0.1, 0.15) is 0 Å². The average molecular weight is 485 g/mol. The van der Waals surface area contributed by atoms with Gasteiger partial charge in [0.05, 0.1) is 23.3 Å². The first-order chi connectivity index (χ1) is 17.2. The number of nitrogens with zero attached hydrogens (tertiary/aromatic N) is 3. The number of likely N-dealkylation sites (tertiary alicyclic amines) is 1. The van der Waals surface area contributed by atoms with Crippen LogP contribution in [0.25, 0.3) is 16.5 Å². The number of hydrogen-bond acceptors (Lipinski definition) is 6. The monoisotopic (exact) mass is 484 g/mol. The Kier molecular flexibility index (Phi) is 7.28. The van der Waals surface area contributed by atoms with E-state index in [4.69, 9.17) is 10.1 Å². The van der Waals surface area contributed by atoms with Crippen LogP contribution in [0, 0.1) is 0 Å². The molecule has 6 nitrogen and oxygen atoms in total. The SMILES string of the molecule is O=C(NCCO)c1ccc(C(=C2CCN(Cc3cscn3)CC2)c2cccc3cccnc23)cc1. The molecular weight excluding hydrogens is 456 g/mol. The molecule has 2 aromatic carbocycles. The van der Waals surface area contributed by atoms with Crippen LogP contribution in [0.4, 0.5) is 0 Å². The standard InChI is InChI=1S/C28H28N4O2S/c33-16-13-30-28(34)23-8-6-20(7-9-23)26(25-5-1-3-22-4-2-12-29-27(22)25)21-10-14-32(15-11-21)17-24-18-35-19-31-24/h1-9,12,18-19,33H,10-11,13-17H2,(H,30,34). The summed E-state index contributed by atoms with van der Waals surface area (Å²) >= 11 is 1.64. The van der Waals surface area contributed by atoms with E-state index in [0.717, 1.165) is 60.2 Å². The number of aliphatic hydroxyl groups is 1. The highest BCUT2D eigenvalue weighted by molar-refractivity contribution is 7.07. The lowest BCUT2D eigenvalue weighted by Gasteiger charge is -2.30. The molecule has 0 bridgehead atoms. The Hall–Kier alpha value is -3.39. The number of carbonyl (C=O) groups excluding carboxylic acids is 1. The molecule has 1 aliphatic rings. The number of pyridine rings is 1. The molecule has 0 radical (unpaired) electrons. The number of thiazole rings is 1. The zero-order chi connectivity index (χ0) is 24.0. The van der Waals surface area contributed by atoms with Gasteiger partial charge in [-0.05, 0) is 42.2 Å². The van der Waals surface area contributed by atoms with E-state index in [-0.39, 0.29) is 19.1 Å². The number of para-hydroxylation sites is 1. The molecule has 35 heavy (non-hydrogen) atoms. The molecule has 0 unspecified atom stereocenters. The van der Waals surface area contributed by atoms with Crippen molar-refractivity contribution < 1.29 is 9.90 Å². The largest absolute Gasteiger partial charge is 0.395 e. The van der Waals surface area contributed by atoms with Crippen molar-refractivity contribution in [2.75, 3.05) is 26.2 Å². The molecule has 2 N–H and O–H groups in total. The van der Waals surface area contributed by atoms with E-state index in [0.29, 0.717) is 5.56 Å². The summed E-state index contributed by atoms with van der Waals surface area (Å²) in [6, 6.07) is 18.2. The molecule has 0 atom stereocenters. The molecule has 1 saturated heterocycles. The van der Waals surface area contributed by atoms with Crippen molar-refractivity contribution in [3.05, 3.63) is 99.6 Å². The van der Waals surface area contributed by atoms with Gasteiger partial charge in [0.15, 0.2) is 0 Å². The third kappa shape index (κ3) is 5.32. The van der Waals surface area contributed by atoms with Crippen LogP contribution in [0.1, 0.15) is 40.0 Å². The van der Waals surface area contributed by atoms with Crippen molar-refractivity contribution >= 4 is 33.7 Å². The van der Waals surface area contributed by atoms with Gasteiger partial charge in [0.2, 0.25) is 0 Å². The topological polar surface area (TPSA) is 78.4 Å². The van der Waals surface area contributed by atoms with Gasteiger partial charge in [-0.3, -0.25) is 14.7 Å². The number of rotatable bonds is 7. The first-order valence-electron chi connectivity index (χ1n) is 11.9. The minimum Gasteiger partial charge on any atom is -0.395 e. The molecule has 1 fully saturated rings. The number of fused-ring (bicyclic) bond motifs is 1. The molecule has 178 valence electrons. The summed E-state index contributed by atoms with van der Waals surface area (Å²) in [4.78, 5) is 24.0. The number of nitrogens with one attached hydrogen (secondary N) is 1. The van der Waals surface area contributed by atoms with Crippen molar-refractivity contribution in [1.82, 2.24) is 20.2 Å². The molecule has 3 heterocycles. The highest BCUT2D eigenvalue weighted by atomic mass is 32.1. The van der Waals surface area contributed by atoms with Crippen LogP contribution in [-0.2, 0) is 6.54 Å². The van der Waals surface area contributed by atoms with Crippen molar-refractivity contribution in [3.8, 4) is 0 Å². The van der Waals surface area contributed by atoms with E-state index in [1.165, 1.54) is 11.1 Å². The van der Waals surface area contributed by atoms with Crippen LogP contribution in [-0.4, -0.2) is 52.1 Å². The summed E-state index contributed by atoms with van der Waals surface area (Å²) < 4.78 is 0. The van der Waals surface area contributed by atoms with Crippen molar-refractivity contribution in [2.45, 2.75) is 19.4 Å². The Balaban J connectivity index is 1.50. The molecule has 1 amide bonds. The lowest BCUT2D eigenvalue weighted by molar-refractivity contribution is 0.0945. The molecule has 0 spiro atoms. The van der Waals surface area contributed by atoms with Crippen LogP contribution in [0.15, 0.2) is 77.3 Å². The van der Waals surface area contributed by atoms with Crippen molar-refractivity contribution in [1.29, 1.82) is 0 Å². The summed E-state index contributed by atoms with van der Waals surface area (Å²) in [5, 5.41) is 14.9. The van der Waals surface area contributed by atoms with Gasteiger partial charge in [-0.25, -0.2) is 4.98 Å². The summed E-state index contributed by atoms with van der Waals surface area (Å²) in [5.74, 6) is -0.179. The fraction of sp³-hybridized carbons (Fsp3) is 0.250. The van der Waals surface area contributed by atoms with Gasteiger partial charge in [-0.15, -0.1) is 11.3 Å². The summed E-state index contributed by atoms with van der Waals surface area (Å²) in [6.07, 6.45) is 3.79. The lowest BCUT2D eigenvalue weighted by atomic mass is 9.87. The van der Waals surface area contributed by atoms with Gasteiger partial charge in [-0.1, -0.05) is 42.0 Å². The third-order valence-electron chi connectivity index (χ3n) is 6.42. The number of piperidine rings is 1. The van der Waals surface area contributed by atoms with Crippen LogP contribution >= 0.6 is 11.3 Å². The number of aromatic nitrogens is 2. The van der Waals surface area contributed by atoms with Crippen molar-refractivity contribution in [3.63, 3.8) is 0 Å². The number of carbonyl (C=O) groups is 1. The van der Waals surface area contributed by atoms with Crippen LogP contribution in [0.2, 0.25) is 0 Å². The molecule has 2 aromatic heterocycles. The van der Waals surface area contributed by atoms with E-state index in [1.807, 2.05) is 42.0 Å². The fourth-order valence-electron chi connectivity index (χ4n) is 4.69. The maximum absolute atomic E-state index is 12.3. The lowest BCUT2D eigenvalue weighted by Crippen LogP contribution is -2.30.